The van der Waals surface area contributed by atoms with E-state index in [1.54, 1.807) is 6.92 Å². The van der Waals surface area contributed by atoms with Crippen LogP contribution in [0.5, 0.6) is 0 Å². The Morgan fingerprint density at radius 2 is 1.93 bits per heavy atom. The van der Waals surface area contributed by atoms with E-state index in [4.69, 9.17) is 5.11 Å². The predicted molar refractivity (Wildman–Crippen MR) is 62.9 cm³/mol. The summed E-state index contributed by atoms with van der Waals surface area (Å²) in [5, 5.41) is 8.81. The van der Waals surface area contributed by atoms with Gasteiger partial charge in [0.25, 0.3) is 0 Å². The summed E-state index contributed by atoms with van der Waals surface area (Å²) >= 11 is 4.12. The highest BCUT2D eigenvalue weighted by Crippen LogP contribution is 2.22. The highest BCUT2D eigenvalue weighted by Gasteiger charge is 2.27. The summed E-state index contributed by atoms with van der Waals surface area (Å²) in [6.07, 6.45) is 5.15. The zero-order valence-electron chi connectivity index (χ0n) is 9.42. The Bertz CT molecular complexity index is 176. The summed E-state index contributed by atoms with van der Waals surface area (Å²) in [4.78, 5) is 10.7. The zero-order valence-corrected chi connectivity index (χ0v) is 10.3. The second-order valence-electron chi connectivity index (χ2n) is 4.57. The van der Waals surface area contributed by atoms with Gasteiger partial charge >= 0.3 is 5.97 Å². The van der Waals surface area contributed by atoms with Crippen LogP contribution in [0.1, 0.15) is 52.9 Å². The monoisotopic (exact) mass is 218 g/mol. The maximum atomic E-state index is 10.7. The summed E-state index contributed by atoms with van der Waals surface area (Å²) in [5.41, 5.74) is 0. The van der Waals surface area contributed by atoms with Crippen molar-refractivity contribution >= 4 is 18.6 Å². The lowest BCUT2D eigenvalue weighted by atomic mass is 9.99. The summed E-state index contributed by atoms with van der Waals surface area (Å²) in [5.74, 6) is -0.0680. The molecule has 1 unspecified atom stereocenters. The van der Waals surface area contributed by atoms with Crippen molar-refractivity contribution in [1.29, 1.82) is 0 Å². The molecule has 0 radical (unpaired) electrons. The predicted octanol–water partition coefficient (Wildman–Crippen LogP) is 3.37. The summed E-state index contributed by atoms with van der Waals surface area (Å²) in [6, 6.07) is 0. The molecule has 0 aliphatic carbocycles. The molecule has 0 aromatic rings. The molecule has 2 nitrogen and oxygen atoms in total. The van der Waals surface area contributed by atoms with Gasteiger partial charge in [0.1, 0.15) is 4.75 Å². The lowest BCUT2D eigenvalue weighted by molar-refractivity contribution is -0.139. The van der Waals surface area contributed by atoms with Crippen LogP contribution in [0.15, 0.2) is 0 Å². The molecule has 0 bridgehead atoms. The van der Waals surface area contributed by atoms with E-state index in [0.29, 0.717) is 6.42 Å². The van der Waals surface area contributed by atoms with Gasteiger partial charge in [-0.05, 0) is 19.3 Å². The second-order valence-corrected chi connectivity index (χ2v) is 5.56. The quantitative estimate of drug-likeness (QED) is 0.508. The van der Waals surface area contributed by atoms with Crippen molar-refractivity contribution < 1.29 is 9.90 Å². The normalized spacial score (nSPS) is 15.5. The van der Waals surface area contributed by atoms with Crippen LogP contribution in [0, 0.1) is 5.92 Å². The Balaban J connectivity index is 3.49. The van der Waals surface area contributed by atoms with Crippen molar-refractivity contribution in [3.05, 3.63) is 0 Å². The van der Waals surface area contributed by atoms with Gasteiger partial charge in [-0.15, -0.1) is 0 Å². The molecule has 0 fully saturated rings. The van der Waals surface area contributed by atoms with Crippen molar-refractivity contribution in [2.75, 3.05) is 0 Å². The SMILES string of the molecule is CC(C)CCCCCC(C)(S)C(=O)O. The molecule has 0 aliphatic heterocycles. The second kappa shape index (κ2) is 6.33. The van der Waals surface area contributed by atoms with Crippen molar-refractivity contribution in [3.8, 4) is 0 Å². The molecule has 0 aliphatic rings. The van der Waals surface area contributed by atoms with E-state index in [1.165, 1.54) is 12.8 Å². The number of carboxylic acids is 1. The zero-order chi connectivity index (χ0) is 11.2. The van der Waals surface area contributed by atoms with Crippen LogP contribution in [0.4, 0.5) is 0 Å². The van der Waals surface area contributed by atoms with Gasteiger partial charge in [0.15, 0.2) is 0 Å². The van der Waals surface area contributed by atoms with E-state index in [9.17, 15) is 4.79 Å². The van der Waals surface area contributed by atoms with Gasteiger partial charge in [0.2, 0.25) is 0 Å². The van der Waals surface area contributed by atoms with Crippen LogP contribution in [0.25, 0.3) is 0 Å². The van der Waals surface area contributed by atoms with Gasteiger partial charge in [-0.25, -0.2) is 0 Å². The molecule has 84 valence electrons. The fourth-order valence-corrected chi connectivity index (χ4v) is 1.46. The molecule has 1 atom stereocenters. The van der Waals surface area contributed by atoms with Crippen LogP contribution < -0.4 is 0 Å². The highest BCUT2D eigenvalue weighted by atomic mass is 32.1. The van der Waals surface area contributed by atoms with Crippen molar-refractivity contribution in [2.45, 2.75) is 57.6 Å². The molecular formula is C11H22O2S. The number of unbranched alkanes of at least 4 members (excludes halogenated alkanes) is 2. The maximum Gasteiger partial charge on any atom is 0.319 e. The van der Waals surface area contributed by atoms with E-state index in [2.05, 4.69) is 26.5 Å². The Morgan fingerprint density at radius 3 is 2.36 bits per heavy atom. The molecule has 0 spiro atoms. The average Bonchev–Trinajstić information content (AvgIpc) is 2.02. The molecule has 0 rings (SSSR count). The van der Waals surface area contributed by atoms with Crippen LogP contribution in [0.3, 0.4) is 0 Å². The van der Waals surface area contributed by atoms with Crippen LogP contribution in [-0.4, -0.2) is 15.8 Å². The Kier molecular flexibility index (Phi) is 6.25. The number of carboxylic acid groups (broad SMARTS) is 1. The molecule has 0 aromatic carbocycles. The molecule has 14 heavy (non-hydrogen) atoms. The summed E-state index contributed by atoms with van der Waals surface area (Å²) in [7, 11) is 0. The van der Waals surface area contributed by atoms with Crippen LogP contribution in [0.2, 0.25) is 0 Å². The van der Waals surface area contributed by atoms with Crippen molar-refractivity contribution in [2.24, 2.45) is 5.92 Å². The van der Waals surface area contributed by atoms with Gasteiger partial charge in [-0.1, -0.05) is 39.5 Å². The third-order valence-electron chi connectivity index (χ3n) is 2.41. The fourth-order valence-electron chi connectivity index (χ4n) is 1.31. The molecule has 0 aromatic heterocycles. The standard InChI is InChI=1S/C11H22O2S/c1-9(2)7-5-4-6-8-11(3,14)10(12)13/h9,14H,4-8H2,1-3H3,(H,12,13). The van der Waals surface area contributed by atoms with E-state index in [1.807, 2.05) is 0 Å². The third-order valence-corrected chi connectivity index (χ3v) is 2.82. The van der Waals surface area contributed by atoms with Gasteiger partial charge in [-0.3, -0.25) is 4.79 Å². The van der Waals surface area contributed by atoms with Crippen molar-refractivity contribution in [3.63, 3.8) is 0 Å². The van der Waals surface area contributed by atoms with Crippen molar-refractivity contribution in [1.82, 2.24) is 0 Å². The lowest BCUT2D eigenvalue weighted by Gasteiger charge is -2.17. The molecular weight excluding hydrogens is 196 g/mol. The molecule has 0 heterocycles. The molecule has 0 saturated carbocycles. The first-order chi connectivity index (χ1) is 6.36. The molecule has 0 amide bonds. The minimum Gasteiger partial charge on any atom is -0.480 e. The van der Waals surface area contributed by atoms with Gasteiger partial charge < -0.3 is 5.11 Å². The lowest BCUT2D eigenvalue weighted by Crippen LogP contribution is -2.28. The topological polar surface area (TPSA) is 37.3 Å². The van der Waals surface area contributed by atoms with E-state index >= 15 is 0 Å². The number of hydrogen-bond donors (Lipinski definition) is 2. The number of rotatable bonds is 7. The Hall–Kier alpha value is -0.180. The van der Waals surface area contributed by atoms with Gasteiger partial charge in [-0.2, -0.15) is 12.6 Å². The van der Waals surface area contributed by atoms with Crippen LogP contribution in [-0.2, 0) is 4.79 Å². The number of aliphatic carboxylic acids is 1. The maximum absolute atomic E-state index is 10.7. The van der Waals surface area contributed by atoms with E-state index < -0.39 is 10.7 Å². The molecule has 3 heteroatoms. The molecule has 1 N–H and O–H groups in total. The average molecular weight is 218 g/mol. The highest BCUT2D eigenvalue weighted by molar-refractivity contribution is 7.82. The smallest absolute Gasteiger partial charge is 0.319 e. The first-order valence-electron chi connectivity index (χ1n) is 5.32. The van der Waals surface area contributed by atoms with E-state index in [-0.39, 0.29) is 0 Å². The summed E-state index contributed by atoms with van der Waals surface area (Å²) in [6.45, 7) is 6.08. The minimum atomic E-state index is -0.849. The third kappa shape index (κ3) is 6.30. The molecule has 0 saturated heterocycles. The number of hydrogen-bond acceptors (Lipinski definition) is 2. The minimum absolute atomic E-state index is 0.656. The van der Waals surface area contributed by atoms with Gasteiger partial charge in [0, 0.05) is 0 Å². The number of thiol groups is 1. The fraction of sp³-hybridized carbons (Fsp3) is 0.909. The Labute approximate surface area is 92.5 Å². The first-order valence-corrected chi connectivity index (χ1v) is 5.77. The Morgan fingerprint density at radius 1 is 1.36 bits per heavy atom. The van der Waals surface area contributed by atoms with E-state index in [0.717, 1.165) is 18.8 Å². The summed E-state index contributed by atoms with van der Waals surface area (Å²) < 4.78 is -0.849. The first kappa shape index (κ1) is 13.8. The number of carbonyl (C=O) groups is 1. The van der Waals surface area contributed by atoms with Crippen LogP contribution >= 0.6 is 12.6 Å². The largest absolute Gasteiger partial charge is 0.480 e. The van der Waals surface area contributed by atoms with Gasteiger partial charge in [0.05, 0.1) is 0 Å².